The van der Waals surface area contributed by atoms with Crippen LogP contribution in [0.5, 0.6) is 0 Å². The van der Waals surface area contributed by atoms with E-state index in [-0.39, 0.29) is 24.4 Å². The standard InChI is InChI=1S/2C11H22NO2.H2O4S/c2*1-6-11(13)14-10(5)12(7-2,8-3)9-4;1-5(2,3)4/h2*6,10H,1,7-9H2,2-5H3;(H2,1,2,3,4)/q2*+1;/p-2. The summed E-state index contributed by atoms with van der Waals surface area (Å²) in [5.74, 6) is -0.675. The maximum atomic E-state index is 11.1. The van der Waals surface area contributed by atoms with Crippen LogP contribution in [0.2, 0.25) is 0 Å². The number of esters is 2. The van der Waals surface area contributed by atoms with E-state index in [0.717, 1.165) is 48.2 Å². The van der Waals surface area contributed by atoms with Gasteiger partial charge in [-0.05, 0) is 41.5 Å². The average molecular weight is 497 g/mol. The molecule has 0 fully saturated rings. The molecule has 0 aromatic rings. The van der Waals surface area contributed by atoms with E-state index in [9.17, 15) is 9.59 Å². The molecule has 0 spiro atoms. The largest absolute Gasteiger partial charge is 0.759 e. The van der Waals surface area contributed by atoms with Crippen molar-refractivity contribution in [3.05, 3.63) is 25.3 Å². The fourth-order valence-corrected chi connectivity index (χ4v) is 3.54. The van der Waals surface area contributed by atoms with E-state index >= 15 is 0 Å². The van der Waals surface area contributed by atoms with E-state index in [0.29, 0.717) is 0 Å². The first-order valence-corrected chi connectivity index (χ1v) is 12.5. The fraction of sp³-hybridized carbons (Fsp3) is 0.727. The number of rotatable bonds is 12. The van der Waals surface area contributed by atoms with Gasteiger partial charge in [-0.1, -0.05) is 13.2 Å². The Morgan fingerprint density at radius 2 is 0.909 bits per heavy atom. The Hall–Kier alpha value is -1.79. The molecule has 10 nitrogen and oxygen atoms in total. The third kappa shape index (κ3) is 14.9. The van der Waals surface area contributed by atoms with Gasteiger partial charge in [0.2, 0.25) is 12.5 Å². The van der Waals surface area contributed by atoms with Gasteiger partial charge in [-0.15, -0.1) is 0 Å². The highest BCUT2D eigenvalue weighted by molar-refractivity contribution is 7.79. The van der Waals surface area contributed by atoms with E-state index < -0.39 is 10.4 Å². The fourth-order valence-electron chi connectivity index (χ4n) is 3.54. The quantitative estimate of drug-likeness (QED) is 0.100. The van der Waals surface area contributed by atoms with Gasteiger partial charge in [0.25, 0.3) is 0 Å². The van der Waals surface area contributed by atoms with Crippen molar-refractivity contribution in [2.24, 2.45) is 0 Å². The van der Waals surface area contributed by atoms with E-state index in [1.54, 1.807) is 0 Å². The first-order chi connectivity index (χ1) is 15.1. The summed E-state index contributed by atoms with van der Waals surface area (Å²) in [6, 6.07) is 0. The molecule has 11 heteroatoms. The molecule has 196 valence electrons. The van der Waals surface area contributed by atoms with Crippen molar-refractivity contribution in [2.75, 3.05) is 39.3 Å². The number of hydrogen-bond acceptors (Lipinski definition) is 8. The summed E-state index contributed by atoms with van der Waals surface area (Å²) in [5, 5.41) is 0. The number of ether oxygens (including phenoxy) is 2. The van der Waals surface area contributed by atoms with Gasteiger partial charge in [0, 0.05) is 36.4 Å². The molecule has 0 saturated carbocycles. The van der Waals surface area contributed by atoms with Gasteiger partial charge in [-0.3, -0.25) is 17.4 Å². The molecule has 0 heterocycles. The number of carbonyl (C=O) groups is 2. The van der Waals surface area contributed by atoms with Gasteiger partial charge in [0.1, 0.15) is 0 Å². The predicted octanol–water partition coefficient (Wildman–Crippen LogP) is 2.54. The number of carbonyl (C=O) groups excluding carboxylic acids is 2. The molecular weight excluding hydrogens is 452 g/mol. The van der Waals surface area contributed by atoms with Gasteiger partial charge < -0.3 is 18.6 Å². The lowest BCUT2D eigenvalue weighted by Gasteiger charge is -2.39. The van der Waals surface area contributed by atoms with Crippen LogP contribution in [0.1, 0.15) is 55.4 Å². The van der Waals surface area contributed by atoms with Gasteiger partial charge in [-0.2, -0.15) is 0 Å². The Balaban J connectivity index is -0.000000453. The van der Waals surface area contributed by atoms with Crippen LogP contribution in [0.15, 0.2) is 25.3 Å². The number of hydrogen-bond donors (Lipinski definition) is 0. The SMILES string of the molecule is C=CC(=O)OC(C)[N+](CC)(CC)CC.C=CC(=O)OC(C)[N+](CC)(CC)CC.O=S(=O)([O-])[O-]. The van der Waals surface area contributed by atoms with E-state index in [1.165, 1.54) is 12.2 Å². The van der Waals surface area contributed by atoms with Gasteiger partial charge in [0.05, 0.1) is 39.3 Å². The first-order valence-electron chi connectivity index (χ1n) is 11.2. The van der Waals surface area contributed by atoms with E-state index in [1.807, 2.05) is 13.8 Å². The van der Waals surface area contributed by atoms with Crippen LogP contribution in [0.25, 0.3) is 0 Å². The van der Waals surface area contributed by atoms with Crippen molar-refractivity contribution >= 4 is 22.3 Å². The molecule has 33 heavy (non-hydrogen) atoms. The molecule has 2 unspecified atom stereocenters. The van der Waals surface area contributed by atoms with Crippen molar-refractivity contribution in [1.29, 1.82) is 0 Å². The molecule has 0 radical (unpaired) electrons. The summed E-state index contributed by atoms with van der Waals surface area (Å²) in [7, 11) is -5.17. The third-order valence-electron chi connectivity index (χ3n) is 6.23. The maximum absolute atomic E-state index is 11.1. The monoisotopic (exact) mass is 496 g/mol. The second-order valence-electron chi connectivity index (χ2n) is 7.22. The lowest BCUT2D eigenvalue weighted by molar-refractivity contribution is -0.963. The molecule has 2 atom stereocenters. The van der Waals surface area contributed by atoms with Crippen LogP contribution >= 0.6 is 0 Å². The second-order valence-corrected chi connectivity index (χ2v) is 8.04. The van der Waals surface area contributed by atoms with Crippen molar-refractivity contribution in [3.8, 4) is 0 Å². The molecule has 0 amide bonds. The normalized spacial score (nSPS) is 13.2. The average Bonchev–Trinajstić information content (AvgIpc) is 2.76. The Labute approximate surface area is 200 Å². The minimum Gasteiger partial charge on any atom is -0.759 e. The minimum atomic E-state index is -5.17. The van der Waals surface area contributed by atoms with E-state index in [4.69, 9.17) is 27.0 Å². The highest BCUT2D eigenvalue weighted by atomic mass is 32.3. The molecule has 0 aromatic carbocycles. The lowest BCUT2D eigenvalue weighted by Crippen LogP contribution is -2.55. The van der Waals surface area contributed by atoms with Crippen LogP contribution in [-0.4, -0.2) is 90.2 Å². The highest BCUT2D eigenvalue weighted by Gasteiger charge is 2.31. The summed E-state index contributed by atoms with van der Waals surface area (Å²) in [5.41, 5.74) is 0. The van der Waals surface area contributed by atoms with Crippen LogP contribution in [0, 0.1) is 0 Å². The molecule has 0 rings (SSSR count). The van der Waals surface area contributed by atoms with Crippen molar-refractivity contribution in [1.82, 2.24) is 0 Å². The number of nitrogens with zero attached hydrogens (tertiary/aromatic N) is 2. The molecule has 0 aliphatic carbocycles. The van der Waals surface area contributed by atoms with Gasteiger partial charge >= 0.3 is 11.9 Å². The van der Waals surface area contributed by atoms with Gasteiger partial charge in [-0.25, -0.2) is 9.59 Å². The highest BCUT2D eigenvalue weighted by Crippen LogP contribution is 2.15. The summed E-state index contributed by atoms with van der Waals surface area (Å²) >= 11 is 0. The van der Waals surface area contributed by atoms with Crippen molar-refractivity contribution < 1.29 is 45.6 Å². The Bertz CT molecular complexity index is 618. The van der Waals surface area contributed by atoms with Crippen LogP contribution in [0.3, 0.4) is 0 Å². The van der Waals surface area contributed by atoms with E-state index in [2.05, 4.69) is 54.7 Å². The summed E-state index contributed by atoms with van der Waals surface area (Å²) in [6.07, 6.45) is 2.24. The molecule has 0 aliphatic heterocycles. The summed E-state index contributed by atoms with van der Waals surface area (Å²) < 4.78 is 46.2. The number of quaternary nitrogens is 2. The molecule has 0 aromatic heterocycles. The molecule has 0 bridgehead atoms. The smallest absolute Gasteiger partial charge is 0.334 e. The van der Waals surface area contributed by atoms with Crippen LogP contribution in [0.4, 0.5) is 0 Å². The summed E-state index contributed by atoms with van der Waals surface area (Å²) in [4.78, 5) is 22.1. The predicted molar refractivity (Wildman–Crippen MR) is 126 cm³/mol. The molecule has 0 aliphatic rings. The maximum Gasteiger partial charge on any atom is 0.334 e. The Kier molecular flexibility index (Phi) is 19.1. The first kappa shape index (κ1) is 35.8. The lowest BCUT2D eigenvalue weighted by atomic mass is 10.3. The van der Waals surface area contributed by atoms with Crippen molar-refractivity contribution in [2.45, 2.75) is 67.8 Å². The Morgan fingerprint density at radius 1 is 0.727 bits per heavy atom. The zero-order valence-electron chi connectivity index (χ0n) is 21.5. The zero-order chi connectivity index (χ0) is 26.9. The topological polar surface area (TPSA) is 133 Å². The van der Waals surface area contributed by atoms with Crippen LogP contribution < -0.4 is 0 Å². The van der Waals surface area contributed by atoms with Crippen molar-refractivity contribution in [3.63, 3.8) is 0 Å². The Morgan fingerprint density at radius 3 is 1.03 bits per heavy atom. The molecule has 0 N–H and O–H groups in total. The minimum absolute atomic E-state index is 0.0968. The van der Waals surface area contributed by atoms with Gasteiger partial charge in [0.15, 0.2) is 0 Å². The zero-order valence-corrected chi connectivity index (χ0v) is 22.4. The second kappa shape index (κ2) is 17.7. The summed E-state index contributed by atoms with van der Waals surface area (Å²) in [6.45, 7) is 29.2. The third-order valence-corrected chi connectivity index (χ3v) is 6.23. The molecular formula is C22H44N2O8S. The molecule has 0 saturated heterocycles. The van der Waals surface area contributed by atoms with Crippen LogP contribution in [-0.2, 0) is 29.5 Å².